The fourth-order valence-electron chi connectivity index (χ4n) is 2.39. The second-order valence-corrected chi connectivity index (χ2v) is 5.08. The van der Waals surface area contributed by atoms with Gasteiger partial charge in [-0.05, 0) is 48.9 Å². The van der Waals surface area contributed by atoms with Gasteiger partial charge in [-0.1, -0.05) is 6.07 Å². The first kappa shape index (κ1) is 13.9. The van der Waals surface area contributed by atoms with E-state index in [1.165, 1.54) is 0 Å². The monoisotopic (exact) mass is 287 g/mol. The van der Waals surface area contributed by atoms with Gasteiger partial charge in [0.15, 0.2) is 5.78 Å². The van der Waals surface area contributed by atoms with Gasteiger partial charge < -0.3 is 0 Å². The maximum atomic E-state index is 12.4. The van der Waals surface area contributed by atoms with Gasteiger partial charge in [0.1, 0.15) is 5.69 Å². The molecule has 4 heteroatoms. The summed E-state index contributed by atoms with van der Waals surface area (Å²) >= 11 is 0. The zero-order valence-corrected chi connectivity index (χ0v) is 12.1. The number of carbonyl (C=O) groups excluding carboxylic acids is 1. The van der Waals surface area contributed by atoms with E-state index in [4.69, 9.17) is 5.26 Å². The number of hydrogen-bond acceptors (Lipinski definition) is 4. The molecule has 0 aliphatic rings. The normalized spacial score (nSPS) is 10.4. The Balaban J connectivity index is 2.00. The minimum atomic E-state index is -0.0430. The quantitative estimate of drug-likeness (QED) is 0.694. The van der Waals surface area contributed by atoms with E-state index in [9.17, 15) is 4.79 Å². The summed E-state index contributed by atoms with van der Waals surface area (Å²) in [6.45, 7) is 1.86. The van der Waals surface area contributed by atoms with Gasteiger partial charge in [0, 0.05) is 23.7 Å². The van der Waals surface area contributed by atoms with Gasteiger partial charge in [0.25, 0.3) is 0 Å². The van der Waals surface area contributed by atoms with E-state index in [0.717, 1.165) is 22.2 Å². The predicted octanol–water partition coefficient (Wildman–Crippen LogP) is 3.24. The Morgan fingerprint density at radius 1 is 1.23 bits per heavy atom. The number of pyridine rings is 2. The molecule has 0 saturated heterocycles. The number of rotatable bonds is 3. The van der Waals surface area contributed by atoms with Crippen LogP contribution in [0.3, 0.4) is 0 Å². The molecule has 0 atom stereocenters. The Hall–Kier alpha value is -3.06. The Bertz CT molecular complexity index is 910. The number of aromatic nitrogens is 2. The van der Waals surface area contributed by atoms with Crippen LogP contribution in [0.1, 0.15) is 27.3 Å². The number of benzene rings is 1. The number of nitriles is 1. The predicted molar refractivity (Wildman–Crippen MR) is 83.5 cm³/mol. The van der Waals surface area contributed by atoms with E-state index < -0.39 is 0 Å². The Labute approximate surface area is 128 Å². The highest BCUT2D eigenvalue weighted by Crippen LogP contribution is 2.20. The summed E-state index contributed by atoms with van der Waals surface area (Å²) < 4.78 is 0. The van der Waals surface area contributed by atoms with Crippen molar-refractivity contribution in [3.63, 3.8) is 0 Å². The van der Waals surface area contributed by atoms with E-state index in [1.807, 2.05) is 25.1 Å². The van der Waals surface area contributed by atoms with E-state index in [-0.39, 0.29) is 12.2 Å². The van der Waals surface area contributed by atoms with Crippen LogP contribution in [0.15, 0.2) is 48.7 Å². The third-order valence-electron chi connectivity index (χ3n) is 3.49. The van der Waals surface area contributed by atoms with E-state index in [1.54, 1.807) is 30.5 Å². The van der Waals surface area contributed by atoms with Crippen LogP contribution in [0, 0.1) is 18.3 Å². The number of fused-ring (bicyclic) bond motifs is 1. The lowest BCUT2D eigenvalue weighted by molar-refractivity contribution is 0.0988. The highest BCUT2D eigenvalue weighted by molar-refractivity contribution is 5.98. The third-order valence-corrected chi connectivity index (χ3v) is 3.49. The Kier molecular flexibility index (Phi) is 3.63. The second kappa shape index (κ2) is 5.74. The maximum Gasteiger partial charge on any atom is 0.185 e. The zero-order valence-electron chi connectivity index (χ0n) is 12.1. The lowest BCUT2D eigenvalue weighted by atomic mass is 10.0. The first-order chi connectivity index (χ1) is 10.7. The van der Waals surface area contributed by atoms with Gasteiger partial charge in [0.2, 0.25) is 0 Å². The molecule has 0 aliphatic heterocycles. The van der Waals surface area contributed by atoms with Crippen LogP contribution < -0.4 is 0 Å². The van der Waals surface area contributed by atoms with Gasteiger partial charge in [-0.15, -0.1) is 0 Å². The average Bonchev–Trinajstić information content (AvgIpc) is 2.54. The van der Waals surface area contributed by atoms with Crippen molar-refractivity contribution >= 4 is 16.7 Å². The molecule has 0 fully saturated rings. The van der Waals surface area contributed by atoms with Crippen molar-refractivity contribution in [3.05, 3.63) is 71.2 Å². The molecule has 3 rings (SSSR count). The van der Waals surface area contributed by atoms with Crippen molar-refractivity contribution in [1.29, 1.82) is 5.26 Å². The smallest absolute Gasteiger partial charge is 0.185 e. The van der Waals surface area contributed by atoms with Gasteiger partial charge in [0.05, 0.1) is 17.1 Å². The van der Waals surface area contributed by atoms with Crippen LogP contribution in [0.5, 0.6) is 0 Å². The summed E-state index contributed by atoms with van der Waals surface area (Å²) in [6.07, 6.45) is 1.92. The van der Waals surface area contributed by atoms with Crippen LogP contribution in [-0.4, -0.2) is 15.8 Å². The molecule has 0 spiro atoms. The number of hydrogen-bond donors (Lipinski definition) is 0. The number of aryl methyl sites for hydroxylation is 1. The molecule has 0 bridgehead atoms. The third kappa shape index (κ3) is 2.70. The van der Waals surface area contributed by atoms with Crippen molar-refractivity contribution in [2.24, 2.45) is 0 Å². The number of carbonyl (C=O) groups is 1. The first-order valence-electron chi connectivity index (χ1n) is 6.92. The molecular weight excluding hydrogens is 274 g/mol. The van der Waals surface area contributed by atoms with E-state index in [0.29, 0.717) is 11.3 Å². The van der Waals surface area contributed by atoms with E-state index in [2.05, 4.69) is 16.0 Å². The molecule has 0 saturated carbocycles. The average molecular weight is 287 g/mol. The lowest BCUT2D eigenvalue weighted by Crippen LogP contribution is -2.07. The molecule has 2 heterocycles. The van der Waals surface area contributed by atoms with Gasteiger partial charge in [-0.25, -0.2) is 0 Å². The first-order valence-corrected chi connectivity index (χ1v) is 6.92. The molecule has 0 N–H and O–H groups in total. The van der Waals surface area contributed by atoms with Crippen LogP contribution in [0.25, 0.3) is 10.9 Å². The summed E-state index contributed by atoms with van der Waals surface area (Å²) in [5.74, 6) is -0.0430. The number of ketones is 1. The SMILES string of the molecule is Cc1cccc(C(=O)Cc2ccnc3ccc(C#N)cc23)n1. The molecule has 3 aromatic rings. The van der Waals surface area contributed by atoms with Crippen LogP contribution in [0.2, 0.25) is 0 Å². The molecule has 0 radical (unpaired) electrons. The van der Waals surface area contributed by atoms with E-state index >= 15 is 0 Å². The summed E-state index contributed by atoms with van der Waals surface area (Å²) in [6, 6.07) is 14.6. The van der Waals surface area contributed by atoms with Gasteiger partial charge in [-0.3, -0.25) is 14.8 Å². The van der Waals surface area contributed by atoms with Gasteiger partial charge >= 0.3 is 0 Å². The largest absolute Gasteiger partial charge is 0.292 e. The second-order valence-electron chi connectivity index (χ2n) is 5.08. The lowest BCUT2D eigenvalue weighted by Gasteiger charge is -2.06. The van der Waals surface area contributed by atoms with Crippen molar-refractivity contribution in [3.8, 4) is 6.07 Å². The molecule has 0 aliphatic carbocycles. The molecule has 22 heavy (non-hydrogen) atoms. The molecule has 0 amide bonds. The molecule has 0 unspecified atom stereocenters. The van der Waals surface area contributed by atoms with Crippen LogP contribution in [-0.2, 0) is 6.42 Å². The minimum absolute atomic E-state index is 0.0430. The molecule has 2 aromatic heterocycles. The summed E-state index contributed by atoms with van der Waals surface area (Å²) in [5.41, 5.74) is 3.47. The van der Waals surface area contributed by atoms with Crippen molar-refractivity contribution < 1.29 is 4.79 Å². The van der Waals surface area contributed by atoms with Gasteiger partial charge in [-0.2, -0.15) is 5.26 Å². The summed E-state index contributed by atoms with van der Waals surface area (Å²) in [4.78, 5) is 21.0. The Morgan fingerprint density at radius 2 is 2.09 bits per heavy atom. The Morgan fingerprint density at radius 3 is 2.86 bits per heavy atom. The highest BCUT2D eigenvalue weighted by Gasteiger charge is 2.11. The molecule has 4 nitrogen and oxygen atoms in total. The fourth-order valence-corrected chi connectivity index (χ4v) is 2.39. The molecule has 1 aromatic carbocycles. The summed E-state index contributed by atoms with van der Waals surface area (Å²) in [7, 11) is 0. The number of Topliss-reactive ketones (excluding diaryl/α,β-unsaturated/α-hetero) is 1. The highest BCUT2D eigenvalue weighted by atomic mass is 16.1. The van der Waals surface area contributed by atoms with Crippen molar-refractivity contribution in [2.45, 2.75) is 13.3 Å². The summed E-state index contributed by atoms with van der Waals surface area (Å²) in [5, 5.41) is 9.87. The minimum Gasteiger partial charge on any atom is -0.292 e. The molecular formula is C18H13N3O. The zero-order chi connectivity index (χ0) is 15.5. The van der Waals surface area contributed by atoms with Crippen LogP contribution >= 0.6 is 0 Å². The molecule has 106 valence electrons. The van der Waals surface area contributed by atoms with Crippen molar-refractivity contribution in [1.82, 2.24) is 9.97 Å². The fraction of sp³-hybridized carbons (Fsp3) is 0.111. The van der Waals surface area contributed by atoms with Crippen molar-refractivity contribution in [2.75, 3.05) is 0 Å². The standard InChI is InChI=1S/C18H13N3O/c1-12-3-2-4-17(21-12)18(22)10-14-7-8-20-16-6-5-13(11-19)9-15(14)16/h2-9H,10H2,1H3. The number of nitrogens with zero attached hydrogens (tertiary/aromatic N) is 3. The maximum absolute atomic E-state index is 12.4. The topological polar surface area (TPSA) is 66.6 Å². The van der Waals surface area contributed by atoms with Crippen LogP contribution in [0.4, 0.5) is 0 Å².